The summed E-state index contributed by atoms with van der Waals surface area (Å²) < 4.78 is 10.7. The molecule has 2 amide bonds. The van der Waals surface area contributed by atoms with Gasteiger partial charge in [-0.05, 0) is 43.0 Å². The number of fused-ring (bicyclic) bond motifs is 3. The molecule has 0 radical (unpaired) electrons. The molecule has 1 N–H and O–H groups in total. The zero-order valence-corrected chi connectivity index (χ0v) is 16.7. The van der Waals surface area contributed by atoms with Gasteiger partial charge in [-0.3, -0.25) is 4.90 Å². The second-order valence-electron chi connectivity index (χ2n) is 7.84. The highest BCUT2D eigenvalue weighted by molar-refractivity contribution is 5.79. The molecular formula is C22H26N2O4. The van der Waals surface area contributed by atoms with Crippen molar-refractivity contribution in [3.8, 4) is 11.1 Å². The highest BCUT2D eigenvalue weighted by atomic mass is 16.6. The van der Waals surface area contributed by atoms with E-state index in [1.54, 1.807) is 27.8 Å². The van der Waals surface area contributed by atoms with E-state index >= 15 is 0 Å². The Morgan fingerprint density at radius 1 is 1.00 bits per heavy atom. The van der Waals surface area contributed by atoms with Gasteiger partial charge in [0, 0.05) is 13.0 Å². The average Bonchev–Trinajstić information content (AvgIpc) is 2.97. The fourth-order valence-electron chi connectivity index (χ4n) is 3.27. The normalized spacial score (nSPS) is 12.7. The van der Waals surface area contributed by atoms with E-state index in [2.05, 4.69) is 29.6 Å². The Labute approximate surface area is 165 Å². The van der Waals surface area contributed by atoms with Crippen LogP contribution in [0.2, 0.25) is 0 Å². The van der Waals surface area contributed by atoms with Gasteiger partial charge in [0.1, 0.15) is 12.2 Å². The van der Waals surface area contributed by atoms with Crippen molar-refractivity contribution in [2.24, 2.45) is 0 Å². The molecule has 0 aromatic heterocycles. The molecule has 1 aliphatic carbocycles. The maximum absolute atomic E-state index is 12.3. The van der Waals surface area contributed by atoms with Crippen molar-refractivity contribution in [1.29, 1.82) is 0 Å². The Hall–Kier alpha value is -3.02. The summed E-state index contributed by atoms with van der Waals surface area (Å²) in [6, 6.07) is 16.3. The number of benzene rings is 2. The Morgan fingerprint density at radius 3 is 2.07 bits per heavy atom. The molecular weight excluding hydrogens is 356 g/mol. The fraction of sp³-hybridized carbons (Fsp3) is 0.364. The van der Waals surface area contributed by atoms with E-state index < -0.39 is 17.8 Å². The average molecular weight is 382 g/mol. The number of nitrogens with zero attached hydrogens (tertiary/aromatic N) is 1. The number of hydrogen-bond acceptors (Lipinski definition) is 4. The zero-order valence-electron chi connectivity index (χ0n) is 16.7. The minimum Gasteiger partial charge on any atom is -0.448 e. The Morgan fingerprint density at radius 2 is 1.54 bits per heavy atom. The van der Waals surface area contributed by atoms with Crippen LogP contribution in [-0.2, 0) is 9.47 Å². The smallest absolute Gasteiger partial charge is 0.410 e. The first kappa shape index (κ1) is 19.7. The minimum atomic E-state index is -0.591. The van der Waals surface area contributed by atoms with Crippen molar-refractivity contribution in [2.75, 3.05) is 20.3 Å². The van der Waals surface area contributed by atoms with Crippen molar-refractivity contribution in [3.05, 3.63) is 59.7 Å². The van der Waals surface area contributed by atoms with E-state index in [0.717, 1.165) is 11.1 Å². The van der Waals surface area contributed by atoms with Crippen LogP contribution in [0.4, 0.5) is 9.59 Å². The molecule has 0 spiro atoms. The standard InChI is InChI=1S/C22H26N2O4/c1-22(2,3)28-20(25)23-14-24(4)21(26)27-13-19-17-11-7-5-9-15(17)16-10-6-8-12-18(16)19/h5-12,19H,13-14H2,1-4H3,(H,23,25). The molecule has 148 valence electrons. The maximum Gasteiger partial charge on any atom is 0.410 e. The van der Waals surface area contributed by atoms with Gasteiger partial charge in [-0.15, -0.1) is 0 Å². The molecule has 0 saturated carbocycles. The summed E-state index contributed by atoms with van der Waals surface area (Å²) in [5.74, 6) is 0.00330. The summed E-state index contributed by atoms with van der Waals surface area (Å²) >= 11 is 0. The van der Waals surface area contributed by atoms with Crippen LogP contribution in [-0.4, -0.2) is 43.0 Å². The summed E-state index contributed by atoms with van der Waals surface area (Å²) in [6.07, 6.45) is -1.08. The second kappa shape index (κ2) is 7.92. The molecule has 6 heteroatoms. The van der Waals surface area contributed by atoms with E-state index in [1.165, 1.54) is 16.0 Å². The van der Waals surface area contributed by atoms with Gasteiger partial charge in [-0.2, -0.15) is 0 Å². The SMILES string of the molecule is CN(CNC(=O)OC(C)(C)C)C(=O)OCC1c2ccccc2-c2ccccc21. The van der Waals surface area contributed by atoms with E-state index in [9.17, 15) is 9.59 Å². The molecule has 0 heterocycles. The summed E-state index contributed by atoms with van der Waals surface area (Å²) in [5.41, 5.74) is 4.09. The fourth-order valence-corrected chi connectivity index (χ4v) is 3.27. The Bertz CT molecular complexity index is 827. The van der Waals surface area contributed by atoms with Crippen molar-refractivity contribution in [3.63, 3.8) is 0 Å². The van der Waals surface area contributed by atoms with Crippen LogP contribution < -0.4 is 5.32 Å². The van der Waals surface area contributed by atoms with E-state index in [1.807, 2.05) is 24.3 Å². The second-order valence-corrected chi connectivity index (χ2v) is 7.84. The third-order valence-electron chi connectivity index (χ3n) is 4.51. The molecule has 2 aromatic rings. The molecule has 0 aliphatic heterocycles. The third kappa shape index (κ3) is 4.44. The lowest BCUT2D eigenvalue weighted by Gasteiger charge is -2.22. The lowest BCUT2D eigenvalue weighted by molar-refractivity contribution is 0.0490. The predicted molar refractivity (Wildman–Crippen MR) is 107 cm³/mol. The number of ether oxygens (including phenoxy) is 2. The molecule has 0 saturated heterocycles. The van der Waals surface area contributed by atoms with Gasteiger partial charge in [0.15, 0.2) is 0 Å². The van der Waals surface area contributed by atoms with Gasteiger partial charge in [-0.1, -0.05) is 48.5 Å². The summed E-state index contributed by atoms with van der Waals surface area (Å²) in [6.45, 7) is 5.58. The quantitative estimate of drug-likeness (QED) is 0.799. The van der Waals surface area contributed by atoms with Crippen LogP contribution in [0.15, 0.2) is 48.5 Å². The van der Waals surface area contributed by atoms with Gasteiger partial charge in [-0.25, -0.2) is 9.59 Å². The van der Waals surface area contributed by atoms with Crippen LogP contribution in [0.3, 0.4) is 0 Å². The van der Waals surface area contributed by atoms with Crippen LogP contribution in [0.25, 0.3) is 11.1 Å². The maximum atomic E-state index is 12.3. The lowest BCUT2D eigenvalue weighted by atomic mass is 9.98. The van der Waals surface area contributed by atoms with Crippen LogP contribution in [0, 0.1) is 0 Å². The van der Waals surface area contributed by atoms with Crippen LogP contribution in [0.5, 0.6) is 0 Å². The van der Waals surface area contributed by atoms with Gasteiger partial charge >= 0.3 is 12.2 Å². The highest BCUT2D eigenvalue weighted by Crippen LogP contribution is 2.44. The van der Waals surface area contributed by atoms with Gasteiger partial charge in [0.05, 0.1) is 6.67 Å². The van der Waals surface area contributed by atoms with E-state index in [-0.39, 0.29) is 19.2 Å². The first-order valence-corrected chi connectivity index (χ1v) is 9.29. The number of hydrogen-bond donors (Lipinski definition) is 1. The van der Waals surface area contributed by atoms with Crippen molar-refractivity contribution < 1.29 is 19.1 Å². The highest BCUT2D eigenvalue weighted by Gasteiger charge is 2.29. The number of amides is 2. The number of alkyl carbamates (subject to hydrolysis) is 1. The first-order chi connectivity index (χ1) is 13.3. The number of nitrogens with one attached hydrogen (secondary N) is 1. The monoisotopic (exact) mass is 382 g/mol. The van der Waals surface area contributed by atoms with E-state index in [0.29, 0.717) is 0 Å². The lowest BCUT2D eigenvalue weighted by Crippen LogP contribution is -2.41. The van der Waals surface area contributed by atoms with Crippen molar-refractivity contribution in [1.82, 2.24) is 10.2 Å². The summed E-state index contributed by atoms with van der Waals surface area (Å²) in [4.78, 5) is 25.4. The minimum absolute atomic E-state index is 0.00330. The van der Waals surface area contributed by atoms with Gasteiger partial charge < -0.3 is 14.8 Å². The van der Waals surface area contributed by atoms with E-state index in [4.69, 9.17) is 9.47 Å². The first-order valence-electron chi connectivity index (χ1n) is 9.29. The van der Waals surface area contributed by atoms with Crippen molar-refractivity contribution >= 4 is 12.2 Å². The topological polar surface area (TPSA) is 67.9 Å². The molecule has 28 heavy (non-hydrogen) atoms. The molecule has 1 aliphatic rings. The molecule has 0 unspecified atom stereocenters. The Balaban J connectivity index is 1.58. The zero-order chi connectivity index (χ0) is 20.3. The number of carbonyl (C=O) groups excluding carboxylic acids is 2. The predicted octanol–water partition coefficient (Wildman–Crippen LogP) is 4.35. The number of rotatable bonds is 4. The molecule has 0 fully saturated rings. The molecule has 3 rings (SSSR count). The largest absolute Gasteiger partial charge is 0.448 e. The molecule has 0 atom stereocenters. The summed E-state index contributed by atoms with van der Waals surface area (Å²) in [7, 11) is 1.57. The molecule has 6 nitrogen and oxygen atoms in total. The number of carbonyl (C=O) groups is 2. The molecule has 0 bridgehead atoms. The third-order valence-corrected chi connectivity index (χ3v) is 4.51. The van der Waals surface area contributed by atoms with Gasteiger partial charge in [0.2, 0.25) is 0 Å². The van der Waals surface area contributed by atoms with Crippen molar-refractivity contribution in [2.45, 2.75) is 32.3 Å². The van der Waals surface area contributed by atoms with Crippen LogP contribution >= 0.6 is 0 Å². The summed E-state index contributed by atoms with van der Waals surface area (Å²) in [5, 5.41) is 2.54. The van der Waals surface area contributed by atoms with Gasteiger partial charge in [0.25, 0.3) is 0 Å². The van der Waals surface area contributed by atoms with Crippen LogP contribution in [0.1, 0.15) is 37.8 Å². The molecule has 2 aromatic carbocycles. The Kier molecular flexibility index (Phi) is 5.58.